The van der Waals surface area contributed by atoms with Gasteiger partial charge in [0.2, 0.25) is 0 Å². The van der Waals surface area contributed by atoms with E-state index in [-0.39, 0.29) is 6.04 Å². The second-order valence-electron chi connectivity index (χ2n) is 5.16. The van der Waals surface area contributed by atoms with Crippen LogP contribution in [0.4, 0.5) is 0 Å². The van der Waals surface area contributed by atoms with Crippen molar-refractivity contribution in [3.8, 4) is 0 Å². The van der Waals surface area contributed by atoms with E-state index in [0.717, 1.165) is 12.8 Å². The molecule has 2 N–H and O–H groups in total. The molecule has 0 radical (unpaired) electrons. The summed E-state index contributed by atoms with van der Waals surface area (Å²) in [6, 6.07) is 6.96. The Morgan fingerprint density at radius 1 is 1.29 bits per heavy atom. The molecule has 0 amide bonds. The molecular formula is C15H22N2. The number of aryl methyl sites for hydroxylation is 3. The van der Waals surface area contributed by atoms with E-state index in [0.29, 0.717) is 0 Å². The Kier molecular flexibility index (Phi) is 3.25. The van der Waals surface area contributed by atoms with Crippen LogP contribution < -0.4 is 5.73 Å². The maximum Gasteiger partial charge on any atom is 0.0482 e. The fraction of sp³-hybridized carbons (Fsp3) is 0.467. The van der Waals surface area contributed by atoms with Gasteiger partial charge < -0.3 is 10.3 Å². The van der Waals surface area contributed by atoms with Gasteiger partial charge in [-0.15, -0.1) is 0 Å². The van der Waals surface area contributed by atoms with Crippen molar-refractivity contribution in [2.75, 3.05) is 0 Å². The first-order valence-electron chi connectivity index (χ1n) is 6.30. The highest BCUT2D eigenvalue weighted by Crippen LogP contribution is 2.27. The van der Waals surface area contributed by atoms with Crippen LogP contribution in [0.5, 0.6) is 0 Å². The molecule has 2 aromatic rings. The molecule has 0 aliphatic rings. The van der Waals surface area contributed by atoms with Crippen LogP contribution >= 0.6 is 0 Å². The molecule has 2 nitrogen and oxygen atoms in total. The van der Waals surface area contributed by atoms with Crippen molar-refractivity contribution in [1.82, 2.24) is 4.57 Å². The molecule has 2 rings (SSSR count). The molecule has 0 aliphatic carbocycles. The molecule has 2 heteroatoms. The zero-order valence-electron chi connectivity index (χ0n) is 11.2. The normalized spacial score (nSPS) is 13.2. The summed E-state index contributed by atoms with van der Waals surface area (Å²) in [5.41, 5.74) is 11.3. The van der Waals surface area contributed by atoms with Crippen molar-refractivity contribution in [2.24, 2.45) is 12.8 Å². The largest absolute Gasteiger partial charge is 0.348 e. The van der Waals surface area contributed by atoms with E-state index in [1.807, 2.05) is 0 Å². The maximum absolute atomic E-state index is 5.86. The van der Waals surface area contributed by atoms with Crippen LogP contribution in [0.1, 0.15) is 30.2 Å². The molecule has 0 spiro atoms. The number of hydrogen-bond donors (Lipinski definition) is 1. The number of fused-ring (bicyclic) bond motifs is 1. The van der Waals surface area contributed by atoms with E-state index in [9.17, 15) is 0 Å². The lowest BCUT2D eigenvalue weighted by Gasteiger charge is -2.05. The van der Waals surface area contributed by atoms with Crippen LogP contribution in [-0.4, -0.2) is 10.6 Å². The van der Waals surface area contributed by atoms with E-state index in [1.165, 1.54) is 27.7 Å². The third-order valence-electron chi connectivity index (χ3n) is 3.63. The van der Waals surface area contributed by atoms with Gasteiger partial charge in [0.05, 0.1) is 0 Å². The topological polar surface area (TPSA) is 30.9 Å². The fourth-order valence-corrected chi connectivity index (χ4v) is 2.45. The predicted octanol–water partition coefficient (Wildman–Crippen LogP) is 3.07. The van der Waals surface area contributed by atoms with E-state index in [2.05, 4.69) is 50.6 Å². The number of nitrogens with zero attached hydrogens (tertiary/aromatic N) is 1. The lowest BCUT2D eigenvalue weighted by molar-refractivity contribution is 0.664. The SMILES string of the molecule is Cc1ccc2c(c1)c(CCC(C)N)c(C)n2C. The van der Waals surface area contributed by atoms with Crippen LogP contribution in [0.2, 0.25) is 0 Å². The first kappa shape index (κ1) is 12.2. The van der Waals surface area contributed by atoms with Crippen LogP contribution in [0.3, 0.4) is 0 Å². The van der Waals surface area contributed by atoms with Crippen LogP contribution in [-0.2, 0) is 13.5 Å². The third kappa shape index (κ3) is 2.22. The Labute approximate surface area is 103 Å². The Bertz CT molecular complexity index is 535. The smallest absolute Gasteiger partial charge is 0.0482 e. The van der Waals surface area contributed by atoms with Gasteiger partial charge in [-0.25, -0.2) is 0 Å². The molecule has 1 aromatic carbocycles. The minimum atomic E-state index is 0.273. The molecule has 0 saturated carbocycles. The zero-order valence-corrected chi connectivity index (χ0v) is 11.2. The Morgan fingerprint density at radius 2 is 2.00 bits per heavy atom. The monoisotopic (exact) mass is 230 g/mol. The number of nitrogens with two attached hydrogens (primary N) is 1. The summed E-state index contributed by atoms with van der Waals surface area (Å²) < 4.78 is 2.28. The highest BCUT2D eigenvalue weighted by molar-refractivity contribution is 5.86. The first-order valence-corrected chi connectivity index (χ1v) is 6.30. The first-order chi connectivity index (χ1) is 8.00. The lowest BCUT2D eigenvalue weighted by atomic mass is 10.0. The molecule has 0 saturated heterocycles. The average Bonchev–Trinajstić information content (AvgIpc) is 2.49. The van der Waals surface area contributed by atoms with Gasteiger partial charge in [-0.1, -0.05) is 11.6 Å². The summed E-state index contributed by atoms with van der Waals surface area (Å²) in [6.07, 6.45) is 2.12. The highest BCUT2D eigenvalue weighted by atomic mass is 14.9. The van der Waals surface area contributed by atoms with Gasteiger partial charge in [-0.05, 0) is 51.3 Å². The van der Waals surface area contributed by atoms with E-state index < -0.39 is 0 Å². The summed E-state index contributed by atoms with van der Waals surface area (Å²) in [7, 11) is 2.14. The third-order valence-corrected chi connectivity index (χ3v) is 3.63. The molecule has 1 aromatic heterocycles. The minimum absolute atomic E-state index is 0.273. The molecule has 0 aliphatic heterocycles. The van der Waals surface area contributed by atoms with Crippen molar-refractivity contribution in [3.05, 3.63) is 35.0 Å². The summed E-state index contributed by atoms with van der Waals surface area (Å²) >= 11 is 0. The molecule has 0 fully saturated rings. The highest BCUT2D eigenvalue weighted by Gasteiger charge is 2.12. The fourth-order valence-electron chi connectivity index (χ4n) is 2.45. The van der Waals surface area contributed by atoms with Gasteiger partial charge in [-0.2, -0.15) is 0 Å². The van der Waals surface area contributed by atoms with Crippen molar-refractivity contribution in [3.63, 3.8) is 0 Å². The maximum atomic E-state index is 5.86. The predicted molar refractivity (Wildman–Crippen MR) is 74.4 cm³/mol. The second-order valence-corrected chi connectivity index (χ2v) is 5.16. The summed E-state index contributed by atoms with van der Waals surface area (Å²) in [4.78, 5) is 0. The second kappa shape index (κ2) is 4.53. The summed E-state index contributed by atoms with van der Waals surface area (Å²) in [5, 5.41) is 1.39. The van der Waals surface area contributed by atoms with Crippen LogP contribution in [0.25, 0.3) is 10.9 Å². The lowest BCUT2D eigenvalue weighted by Crippen LogP contribution is -2.15. The van der Waals surface area contributed by atoms with E-state index >= 15 is 0 Å². The average molecular weight is 230 g/mol. The molecule has 17 heavy (non-hydrogen) atoms. The Morgan fingerprint density at radius 3 is 2.65 bits per heavy atom. The van der Waals surface area contributed by atoms with Crippen LogP contribution in [0.15, 0.2) is 18.2 Å². The molecule has 1 atom stereocenters. The molecular weight excluding hydrogens is 208 g/mol. The van der Waals surface area contributed by atoms with Gasteiger partial charge in [-0.3, -0.25) is 0 Å². The van der Waals surface area contributed by atoms with Gasteiger partial charge in [0.25, 0.3) is 0 Å². The Hall–Kier alpha value is -1.28. The van der Waals surface area contributed by atoms with Crippen molar-refractivity contribution < 1.29 is 0 Å². The quantitative estimate of drug-likeness (QED) is 0.863. The molecule has 1 unspecified atom stereocenters. The van der Waals surface area contributed by atoms with Gasteiger partial charge in [0.1, 0.15) is 0 Å². The van der Waals surface area contributed by atoms with E-state index in [4.69, 9.17) is 5.73 Å². The summed E-state index contributed by atoms with van der Waals surface area (Å²) in [5.74, 6) is 0. The van der Waals surface area contributed by atoms with Gasteiger partial charge >= 0.3 is 0 Å². The van der Waals surface area contributed by atoms with Crippen LogP contribution in [0, 0.1) is 13.8 Å². The van der Waals surface area contributed by atoms with E-state index in [1.54, 1.807) is 0 Å². The zero-order chi connectivity index (χ0) is 12.6. The minimum Gasteiger partial charge on any atom is -0.348 e. The number of benzene rings is 1. The van der Waals surface area contributed by atoms with Crippen molar-refractivity contribution in [1.29, 1.82) is 0 Å². The molecule has 92 valence electrons. The molecule has 0 bridgehead atoms. The standard InChI is InChI=1S/C15H22N2/c1-10-5-8-15-14(9-10)13(7-6-11(2)16)12(3)17(15)4/h5,8-9,11H,6-7,16H2,1-4H3. The number of aromatic nitrogens is 1. The number of rotatable bonds is 3. The molecule has 1 heterocycles. The van der Waals surface area contributed by atoms with Gasteiger partial charge in [0.15, 0.2) is 0 Å². The number of hydrogen-bond acceptors (Lipinski definition) is 1. The van der Waals surface area contributed by atoms with Crippen molar-refractivity contribution in [2.45, 2.75) is 39.7 Å². The summed E-state index contributed by atoms with van der Waals surface area (Å²) in [6.45, 7) is 6.43. The van der Waals surface area contributed by atoms with Crippen molar-refractivity contribution >= 4 is 10.9 Å². The van der Waals surface area contributed by atoms with Gasteiger partial charge in [0, 0.05) is 29.7 Å². The Balaban J connectivity index is 2.52.